The van der Waals surface area contributed by atoms with Gasteiger partial charge in [0.1, 0.15) is 5.82 Å². The van der Waals surface area contributed by atoms with Crippen molar-refractivity contribution < 1.29 is 0 Å². The molecule has 0 radical (unpaired) electrons. The Hall–Kier alpha value is -1.35. The van der Waals surface area contributed by atoms with Crippen molar-refractivity contribution in [3.8, 4) is 0 Å². The number of nitrogens with one attached hydrogen (secondary N) is 2. The SMILES string of the molecule is CN[C@H](C)c1nc2ccccc2[nH]1. The lowest BCUT2D eigenvalue weighted by atomic mass is 10.3. The summed E-state index contributed by atoms with van der Waals surface area (Å²) in [5, 5.41) is 3.15. The monoisotopic (exact) mass is 175 g/mol. The Balaban J connectivity index is 2.49. The van der Waals surface area contributed by atoms with Crippen molar-refractivity contribution in [1.29, 1.82) is 0 Å². The van der Waals surface area contributed by atoms with Gasteiger partial charge < -0.3 is 10.3 Å². The number of imidazole rings is 1. The minimum Gasteiger partial charge on any atom is -0.341 e. The third-order valence-corrected chi connectivity index (χ3v) is 2.25. The molecule has 0 bridgehead atoms. The fraction of sp³-hybridized carbons (Fsp3) is 0.300. The molecule has 2 N–H and O–H groups in total. The van der Waals surface area contributed by atoms with Crippen molar-refractivity contribution in [2.45, 2.75) is 13.0 Å². The van der Waals surface area contributed by atoms with Crippen molar-refractivity contribution in [1.82, 2.24) is 15.3 Å². The number of aromatic amines is 1. The van der Waals surface area contributed by atoms with Crippen LogP contribution < -0.4 is 5.32 Å². The molecule has 13 heavy (non-hydrogen) atoms. The summed E-state index contributed by atoms with van der Waals surface area (Å²) in [4.78, 5) is 7.74. The van der Waals surface area contributed by atoms with Crippen LogP contribution in [0.1, 0.15) is 18.8 Å². The van der Waals surface area contributed by atoms with Crippen molar-refractivity contribution in [3.05, 3.63) is 30.1 Å². The minimum atomic E-state index is 0.271. The van der Waals surface area contributed by atoms with E-state index in [1.165, 1.54) is 0 Å². The summed E-state index contributed by atoms with van der Waals surface area (Å²) < 4.78 is 0. The van der Waals surface area contributed by atoms with Crippen molar-refractivity contribution in [2.24, 2.45) is 0 Å². The lowest BCUT2D eigenvalue weighted by molar-refractivity contribution is 0.620. The number of benzene rings is 1. The van der Waals surface area contributed by atoms with Crippen molar-refractivity contribution >= 4 is 11.0 Å². The third-order valence-electron chi connectivity index (χ3n) is 2.25. The van der Waals surface area contributed by atoms with Crippen LogP contribution in [0, 0.1) is 0 Å². The number of H-pyrrole nitrogens is 1. The molecule has 0 aliphatic rings. The molecule has 1 heterocycles. The summed E-state index contributed by atoms with van der Waals surface area (Å²) in [6, 6.07) is 8.32. The number of hydrogen-bond acceptors (Lipinski definition) is 2. The first-order valence-corrected chi connectivity index (χ1v) is 4.43. The summed E-state index contributed by atoms with van der Waals surface area (Å²) in [7, 11) is 1.93. The molecule has 1 aromatic carbocycles. The second kappa shape index (κ2) is 3.18. The molecule has 0 fully saturated rings. The van der Waals surface area contributed by atoms with Crippen LogP contribution in [-0.4, -0.2) is 17.0 Å². The van der Waals surface area contributed by atoms with E-state index in [1.807, 2.05) is 31.3 Å². The quantitative estimate of drug-likeness (QED) is 0.731. The van der Waals surface area contributed by atoms with E-state index in [2.05, 4.69) is 22.2 Å². The zero-order valence-corrected chi connectivity index (χ0v) is 7.83. The molecule has 3 heteroatoms. The first-order chi connectivity index (χ1) is 6.31. The molecule has 0 unspecified atom stereocenters. The molecule has 2 rings (SSSR count). The van der Waals surface area contributed by atoms with E-state index in [4.69, 9.17) is 0 Å². The molecule has 68 valence electrons. The predicted octanol–water partition coefficient (Wildman–Crippen LogP) is 1.84. The molecule has 0 aliphatic heterocycles. The largest absolute Gasteiger partial charge is 0.341 e. The topological polar surface area (TPSA) is 40.7 Å². The summed E-state index contributed by atoms with van der Waals surface area (Å²) in [5.74, 6) is 0.990. The molecule has 0 aliphatic carbocycles. The van der Waals surface area contributed by atoms with Gasteiger partial charge in [0, 0.05) is 0 Å². The molecule has 1 aromatic heterocycles. The Bertz CT molecular complexity index is 372. The normalized spacial score (nSPS) is 13.4. The van der Waals surface area contributed by atoms with Gasteiger partial charge in [-0.25, -0.2) is 4.98 Å². The second-order valence-electron chi connectivity index (χ2n) is 3.15. The minimum absolute atomic E-state index is 0.271. The van der Waals surface area contributed by atoms with Crippen LogP contribution in [0.3, 0.4) is 0 Å². The van der Waals surface area contributed by atoms with E-state index in [-0.39, 0.29) is 6.04 Å². The molecule has 0 saturated heterocycles. The Morgan fingerprint density at radius 3 is 2.85 bits per heavy atom. The van der Waals surface area contributed by atoms with Crippen LogP contribution in [0.2, 0.25) is 0 Å². The molecule has 2 aromatic rings. The molecular weight excluding hydrogens is 162 g/mol. The number of nitrogens with zero attached hydrogens (tertiary/aromatic N) is 1. The van der Waals surface area contributed by atoms with Gasteiger partial charge >= 0.3 is 0 Å². The molecular formula is C10H13N3. The maximum Gasteiger partial charge on any atom is 0.124 e. The van der Waals surface area contributed by atoms with Gasteiger partial charge in [0.2, 0.25) is 0 Å². The lowest BCUT2D eigenvalue weighted by Crippen LogP contribution is -2.13. The van der Waals surface area contributed by atoms with Gasteiger partial charge in [-0.3, -0.25) is 0 Å². The van der Waals surface area contributed by atoms with Crippen LogP contribution in [0.5, 0.6) is 0 Å². The van der Waals surface area contributed by atoms with Crippen LogP contribution in [0.15, 0.2) is 24.3 Å². The van der Waals surface area contributed by atoms with E-state index >= 15 is 0 Å². The maximum absolute atomic E-state index is 4.47. The van der Waals surface area contributed by atoms with Gasteiger partial charge in [-0.15, -0.1) is 0 Å². The molecule has 1 atom stereocenters. The molecule has 0 spiro atoms. The van der Waals surface area contributed by atoms with E-state index in [0.717, 1.165) is 16.9 Å². The van der Waals surface area contributed by atoms with E-state index < -0.39 is 0 Å². The number of hydrogen-bond donors (Lipinski definition) is 2. The van der Waals surface area contributed by atoms with Crippen LogP contribution in [-0.2, 0) is 0 Å². The first-order valence-electron chi connectivity index (χ1n) is 4.43. The van der Waals surface area contributed by atoms with Gasteiger partial charge in [-0.2, -0.15) is 0 Å². The summed E-state index contributed by atoms with van der Waals surface area (Å²) in [6.07, 6.45) is 0. The smallest absolute Gasteiger partial charge is 0.124 e. The maximum atomic E-state index is 4.47. The number of rotatable bonds is 2. The van der Waals surface area contributed by atoms with Gasteiger partial charge in [-0.1, -0.05) is 12.1 Å². The van der Waals surface area contributed by atoms with Gasteiger partial charge in [0.05, 0.1) is 17.1 Å². The van der Waals surface area contributed by atoms with Gasteiger partial charge in [0.25, 0.3) is 0 Å². The average molecular weight is 175 g/mol. The zero-order chi connectivity index (χ0) is 9.26. The Labute approximate surface area is 77.2 Å². The first kappa shape index (κ1) is 8.26. The van der Waals surface area contributed by atoms with Crippen molar-refractivity contribution in [3.63, 3.8) is 0 Å². The van der Waals surface area contributed by atoms with E-state index in [9.17, 15) is 0 Å². The average Bonchev–Trinajstić information content (AvgIpc) is 2.59. The van der Waals surface area contributed by atoms with Gasteiger partial charge in [-0.05, 0) is 26.1 Å². The van der Waals surface area contributed by atoms with Gasteiger partial charge in [0.15, 0.2) is 0 Å². The molecule has 3 nitrogen and oxygen atoms in total. The summed E-state index contributed by atoms with van der Waals surface area (Å²) in [5.41, 5.74) is 2.12. The number of fused-ring (bicyclic) bond motifs is 1. The summed E-state index contributed by atoms with van der Waals surface area (Å²) >= 11 is 0. The highest BCUT2D eigenvalue weighted by atomic mass is 15.0. The second-order valence-corrected chi connectivity index (χ2v) is 3.15. The Kier molecular flexibility index (Phi) is 2.02. The van der Waals surface area contributed by atoms with Crippen LogP contribution in [0.4, 0.5) is 0 Å². The van der Waals surface area contributed by atoms with Crippen LogP contribution >= 0.6 is 0 Å². The highest BCUT2D eigenvalue weighted by Gasteiger charge is 2.06. The van der Waals surface area contributed by atoms with E-state index in [0.29, 0.717) is 0 Å². The summed E-state index contributed by atoms with van der Waals surface area (Å²) in [6.45, 7) is 2.08. The molecule has 0 saturated carbocycles. The zero-order valence-electron chi connectivity index (χ0n) is 7.83. The standard InChI is InChI=1S/C10H13N3/c1-7(11-2)10-12-8-5-3-4-6-9(8)13-10/h3-7,11H,1-2H3,(H,12,13)/t7-/m1/s1. The lowest BCUT2D eigenvalue weighted by Gasteiger charge is -2.04. The fourth-order valence-corrected chi connectivity index (χ4v) is 1.31. The fourth-order valence-electron chi connectivity index (χ4n) is 1.31. The highest BCUT2D eigenvalue weighted by molar-refractivity contribution is 5.74. The molecule has 0 amide bonds. The number of para-hydroxylation sites is 2. The van der Waals surface area contributed by atoms with E-state index in [1.54, 1.807) is 0 Å². The Morgan fingerprint density at radius 1 is 1.38 bits per heavy atom. The predicted molar refractivity (Wildman–Crippen MR) is 53.6 cm³/mol. The number of aromatic nitrogens is 2. The Morgan fingerprint density at radius 2 is 2.15 bits per heavy atom. The highest BCUT2D eigenvalue weighted by Crippen LogP contribution is 2.14. The van der Waals surface area contributed by atoms with Crippen molar-refractivity contribution in [2.75, 3.05) is 7.05 Å². The third kappa shape index (κ3) is 1.42. The van der Waals surface area contributed by atoms with Crippen LogP contribution in [0.25, 0.3) is 11.0 Å².